The first-order chi connectivity index (χ1) is 20.5. The van der Waals surface area contributed by atoms with Crippen molar-refractivity contribution in [2.45, 2.75) is 71.3 Å². The number of nitrogens with zero attached hydrogens (tertiary/aromatic N) is 2. The van der Waals surface area contributed by atoms with Gasteiger partial charge < -0.3 is 15.0 Å². The van der Waals surface area contributed by atoms with Crippen molar-refractivity contribution in [1.29, 1.82) is 0 Å². The van der Waals surface area contributed by atoms with E-state index in [1.54, 1.807) is 7.11 Å². The largest absolute Gasteiger partial charge is 0.497 e. The molecule has 2 aliphatic rings. The van der Waals surface area contributed by atoms with Crippen molar-refractivity contribution in [3.05, 3.63) is 95.2 Å². The zero-order valence-electron chi connectivity index (χ0n) is 25.4. The highest BCUT2D eigenvalue weighted by Gasteiger charge is 2.41. The molecule has 0 saturated heterocycles. The van der Waals surface area contributed by atoms with Crippen LogP contribution in [0.2, 0.25) is 0 Å². The number of benzene rings is 3. The Balaban J connectivity index is 1.59. The van der Waals surface area contributed by atoms with E-state index in [1.807, 2.05) is 53.4 Å². The first kappa shape index (κ1) is 29.4. The fourth-order valence-electron chi connectivity index (χ4n) is 6.40. The molecule has 1 aliphatic heterocycles. The number of nitrogens with one attached hydrogen (secondary N) is 1. The molecule has 42 heavy (non-hydrogen) atoms. The third kappa shape index (κ3) is 5.94. The number of unbranched alkanes of at least 4 members (excludes halogenated alkanes) is 2. The fraction of sp³-hybridized carbons (Fsp3) is 0.389. The van der Waals surface area contributed by atoms with E-state index in [-0.39, 0.29) is 17.6 Å². The van der Waals surface area contributed by atoms with Gasteiger partial charge >= 0.3 is 0 Å². The molecule has 2 unspecified atom stereocenters. The number of rotatable bonds is 10. The number of anilines is 3. The van der Waals surface area contributed by atoms with E-state index < -0.39 is 6.04 Å². The van der Waals surface area contributed by atoms with E-state index in [1.165, 1.54) is 11.3 Å². The maximum absolute atomic E-state index is 14.3. The van der Waals surface area contributed by atoms with Gasteiger partial charge in [0.05, 0.1) is 24.5 Å². The molecule has 6 heteroatoms. The van der Waals surface area contributed by atoms with Gasteiger partial charge in [-0.05, 0) is 80.1 Å². The highest BCUT2D eigenvalue weighted by Crippen LogP contribution is 2.48. The van der Waals surface area contributed by atoms with Crippen LogP contribution in [0.15, 0.2) is 84.1 Å². The number of methoxy groups -OCH3 is 1. The summed E-state index contributed by atoms with van der Waals surface area (Å²) in [5.41, 5.74) is 6.53. The van der Waals surface area contributed by atoms with Gasteiger partial charge in [-0.25, -0.2) is 0 Å². The summed E-state index contributed by atoms with van der Waals surface area (Å²) in [7, 11) is 1.64. The lowest BCUT2D eigenvalue weighted by molar-refractivity contribution is -0.119. The van der Waals surface area contributed by atoms with Gasteiger partial charge in [0.25, 0.3) is 0 Å². The van der Waals surface area contributed by atoms with E-state index in [2.05, 4.69) is 55.3 Å². The number of fused-ring (bicyclic) bond motifs is 1. The Labute approximate surface area is 250 Å². The molecule has 0 radical (unpaired) electrons. The van der Waals surface area contributed by atoms with Crippen molar-refractivity contribution in [1.82, 2.24) is 0 Å². The Morgan fingerprint density at radius 3 is 2.26 bits per heavy atom. The molecule has 0 spiro atoms. The molecule has 3 aromatic carbocycles. The summed E-state index contributed by atoms with van der Waals surface area (Å²) in [6.07, 6.45) is 4.40. The molecule has 6 nitrogen and oxygen atoms in total. The minimum absolute atomic E-state index is 0.0363. The molecule has 0 fully saturated rings. The summed E-state index contributed by atoms with van der Waals surface area (Å²) in [5, 5.41) is 3.65. The van der Waals surface area contributed by atoms with Gasteiger partial charge in [-0.2, -0.15) is 0 Å². The summed E-state index contributed by atoms with van der Waals surface area (Å²) in [6.45, 7) is 8.38. The van der Waals surface area contributed by atoms with Crippen LogP contribution in [0.5, 0.6) is 5.75 Å². The lowest BCUT2D eigenvalue weighted by Gasteiger charge is -2.35. The van der Waals surface area contributed by atoms with Gasteiger partial charge in [-0.1, -0.05) is 56.2 Å². The van der Waals surface area contributed by atoms with E-state index in [4.69, 9.17) is 4.74 Å². The van der Waals surface area contributed by atoms with Gasteiger partial charge in [0.15, 0.2) is 5.78 Å². The van der Waals surface area contributed by atoms with Gasteiger partial charge in [0.1, 0.15) is 5.75 Å². The molecule has 1 N–H and O–H groups in total. The van der Waals surface area contributed by atoms with Gasteiger partial charge in [0, 0.05) is 42.9 Å². The van der Waals surface area contributed by atoms with Crippen LogP contribution in [0.1, 0.15) is 82.4 Å². The summed E-state index contributed by atoms with van der Waals surface area (Å²) >= 11 is 0. The number of allylic oxidation sites excluding steroid dienone is 1. The molecule has 0 bridgehead atoms. The Hall–Kier alpha value is -4.06. The van der Waals surface area contributed by atoms with Crippen molar-refractivity contribution in [2.75, 3.05) is 35.3 Å². The molecule has 0 saturated carbocycles. The Morgan fingerprint density at radius 2 is 1.60 bits per heavy atom. The number of Topliss-reactive ketones (excluding diaryl/α,β-unsaturated/α-hetero) is 1. The second kappa shape index (κ2) is 13.3. The maximum Gasteiger partial charge on any atom is 0.227 e. The zero-order chi connectivity index (χ0) is 29.6. The number of hydrogen-bond donors (Lipinski definition) is 1. The SMILES string of the molecule is CCCCCC(=O)N1c2ccccc2NC2=C(C(=O)CC(c3ccc(N(CC)CC)cc3)C2)C1c1ccc(OC)cc1. The molecule has 1 amide bonds. The van der Waals surface area contributed by atoms with Crippen molar-refractivity contribution in [3.63, 3.8) is 0 Å². The summed E-state index contributed by atoms with van der Waals surface area (Å²) < 4.78 is 5.43. The van der Waals surface area contributed by atoms with Crippen molar-refractivity contribution < 1.29 is 14.3 Å². The molecule has 5 rings (SSSR count). The van der Waals surface area contributed by atoms with Crippen molar-refractivity contribution >= 4 is 28.8 Å². The number of carbonyl (C=O) groups excluding carboxylic acids is 2. The van der Waals surface area contributed by atoms with Crippen LogP contribution in [-0.4, -0.2) is 31.9 Å². The third-order valence-electron chi connectivity index (χ3n) is 8.68. The van der Waals surface area contributed by atoms with Crippen LogP contribution >= 0.6 is 0 Å². The molecular weight excluding hydrogens is 522 g/mol. The lowest BCUT2D eigenvalue weighted by Crippen LogP contribution is -2.38. The Morgan fingerprint density at radius 1 is 0.905 bits per heavy atom. The number of hydrogen-bond acceptors (Lipinski definition) is 5. The molecule has 1 aliphatic carbocycles. The molecule has 220 valence electrons. The second-order valence-electron chi connectivity index (χ2n) is 11.2. The molecular formula is C36H43N3O3. The van der Waals surface area contributed by atoms with Crippen LogP contribution in [0, 0.1) is 0 Å². The van der Waals surface area contributed by atoms with Crippen LogP contribution in [0.25, 0.3) is 0 Å². The van der Waals surface area contributed by atoms with E-state index >= 15 is 0 Å². The number of carbonyl (C=O) groups is 2. The van der Waals surface area contributed by atoms with E-state index in [9.17, 15) is 9.59 Å². The minimum atomic E-state index is -0.519. The monoisotopic (exact) mass is 565 g/mol. The number of ketones is 1. The third-order valence-corrected chi connectivity index (χ3v) is 8.68. The van der Waals surface area contributed by atoms with Crippen LogP contribution in [0.4, 0.5) is 17.1 Å². The average molecular weight is 566 g/mol. The molecule has 0 aromatic heterocycles. The number of ether oxygens (including phenoxy) is 1. The van der Waals surface area contributed by atoms with Crippen LogP contribution in [-0.2, 0) is 9.59 Å². The highest BCUT2D eigenvalue weighted by atomic mass is 16.5. The first-order valence-corrected chi connectivity index (χ1v) is 15.4. The standard InChI is InChI=1S/C36H43N3O3/c1-5-8-9-14-34(41)39-32-13-11-10-12-30(32)37-31-23-27(25-15-19-28(20-16-25)38(6-2)7-3)24-33(40)35(31)36(39)26-17-21-29(42-4)22-18-26/h10-13,15-22,27,36-37H,5-9,14,23-24H2,1-4H3. The topological polar surface area (TPSA) is 61.9 Å². The fourth-order valence-corrected chi connectivity index (χ4v) is 6.40. The van der Waals surface area contributed by atoms with Crippen LogP contribution < -0.4 is 19.9 Å². The summed E-state index contributed by atoms with van der Waals surface area (Å²) in [4.78, 5) is 32.5. The van der Waals surface area contributed by atoms with Gasteiger partial charge in [-0.3, -0.25) is 14.5 Å². The average Bonchev–Trinajstić information content (AvgIpc) is 3.17. The van der Waals surface area contributed by atoms with Gasteiger partial charge in [-0.15, -0.1) is 0 Å². The van der Waals surface area contributed by atoms with E-state index in [0.29, 0.717) is 24.8 Å². The maximum atomic E-state index is 14.3. The lowest BCUT2D eigenvalue weighted by atomic mass is 9.78. The van der Waals surface area contributed by atoms with Gasteiger partial charge in [0.2, 0.25) is 5.91 Å². The molecule has 2 atom stereocenters. The normalized spacial score (nSPS) is 18.1. The smallest absolute Gasteiger partial charge is 0.227 e. The highest BCUT2D eigenvalue weighted by molar-refractivity contribution is 6.06. The summed E-state index contributed by atoms with van der Waals surface area (Å²) in [5.74, 6) is 0.921. The summed E-state index contributed by atoms with van der Waals surface area (Å²) in [6, 6.07) is 23.9. The zero-order valence-corrected chi connectivity index (χ0v) is 25.4. The first-order valence-electron chi connectivity index (χ1n) is 15.4. The predicted octanol–water partition coefficient (Wildman–Crippen LogP) is 8.02. The predicted molar refractivity (Wildman–Crippen MR) is 171 cm³/mol. The molecule has 1 heterocycles. The van der Waals surface area contributed by atoms with Crippen LogP contribution in [0.3, 0.4) is 0 Å². The Kier molecular flexibility index (Phi) is 9.31. The van der Waals surface area contributed by atoms with E-state index in [0.717, 1.165) is 60.7 Å². The molecule has 3 aromatic rings. The second-order valence-corrected chi connectivity index (χ2v) is 11.2. The number of amides is 1. The number of para-hydroxylation sites is 2. The Bertz CT molecular complexity index is 1420. The van der Waals surface area contributed by atoms with Crippen molar-refractivity contribution in [2.24, 2.45) is 0 Å². The minimum Gasteiger partial charge on any atom is -0.497 e. The quantitative estimate of drug-likeness (QED) is 0.252. The van der Waals surface area contributed by atoms with Crippen molar-refractivity contribution in [3.8, 4) is 5.75 Å².